The second kappa shape index (κ2) is 6.99. The summed E-state index contributed by atoms with van der Waals surface area (Å²) in [5.74, 6) is -1.17. The van der Waals surface area contributed by atoms with Gasteiger partial charge in [0.2, 0.25) is 0 Å². The van der Waals surface area contributed by atoms with Crippen molar-refractivity contribution >= 4 is 0 Å². The third-order valence-corrected chi connectivity index (χ3v) is 4.04. The van der Waals surface area contributed by atoms with Gasteiger partial charge < -0.3 is 5.32 Å². The van der Waals surface area contributed by atoms with Crippen molar-refractivity contribution in [2.24, 2.45) is 0 Å². The average Bonchev–Trinajstić information content (AvgIpc) is 2.65. The van der Waals surface area contributed by atoms with Crippen LogP contribution in [0, 0.1) is 11.6 Å². The molecular weight excluding hydrogens is 244 g/mol. The molecule has 0 amide bonds. The van der Waals surface area contributed by atoms with Crippen molar-refractivity contribution in [3.63, 3.8) is 0 Å². The van der Waals surface area contributed by atoms with Gasteiger partial charge in [-0.05, 0) is 49.4 Å². The SMILES string of the molecule is CCCNC1CCCCCC1c1ccc(F)c(F)c1. The van der Waals surface area contributed by atoms with Crippen molar-refractivity contribution in [2.45, 2.75) is 57.4 Å². The first-order valence-corrected chi connectivity index (χ1v) is 7.40. The Morgan fingerprint density at radius 3 is 2.63 bits per heavy atom. The third-order valence-electron chi connectivity index (χ3n) is 4.04. The molecule has 1 aliphatic carbocycles. The molecule has 1 saturated carbocycles. The van der Waals surface area contributed by atoms with E-state index in [1.807, 2.05) is 0 Å². The van der Waals surface area contributed by atoms with Crippen LogP contribution >= 0.6 is 0 Å². The molecule has 0 heterocycles. The number of halogens is 2. The molecule has 1 aromatic rings. The van der Waals surface area contributed by atoms with E-state index in [1.165, 1.54) is 31.4 Å². The highest BCUT2D eigenvalue weighted by molar-refractivity contribution is 5.23. The summed E-state index contributed by atoms with van der Waals surface area (Å²) in [5, 5.41) is 3.58. The molecule has 0 saturated heterocycles. The van der Waals surface area contributed by atoms with E-state index in [0.717, 1.165) is 31.4 Å². The Hall–Kier alpha value is -0.960. The molecule has 1 aromatic carbocycles. The maximum atomic E-state index is 13.4. The van der Waals surface area contributed by atoms with Gasteiger partial charge in [-0.15, -0.1) is 0 Å². The second-order valence-corrected chi connectivity index (χ2v) is 5.48. The lowest BCUT2D eigenvalue weighted by Crippen LogP contribution is -2.34. The highest BCUT2D eigenvalue weighted by Crippen LogP contribution is 2.32. The zero-order valence-corrected chi connectivity index (χ0v) is 11.6. The van der Waals surface area contributed by atoms with Crippen LogP contribution < -0.4 is 5.32 Å². The quantitative estimate of drug-likeness (QED) is 0.798. The number of benzene rings is 1. The van der Waals surface area contributed by atoms with Crippen LogP contribution in [0.2, 0.25) is 0 Å². The van der Waals surface area contributed by atoms with Crippen molar-refractivity contribution in [1.29, 1.82) is 0 Å². The Labute approximate surface area is 114 Å². The van der Waals surface area contributed by atoms with Gasteiger partial charge >= 0.3 is 0 Å². The van der Waals surface area contributed by atoms with Crippen LogP contribution in [-0.4, -0.2) is 12.6 Å². The fourth-order valence-electron chi connectivity index (χ4n) is 3.02. The standard InChI is InChI=1S/C16H23F2N/c1-2-10-19-16-7-5-3-4-6-13(16)12-8-9-14(17)15(18)11-12/h8-9,11,13,16,19H,2-7,10H2,1H3. The summed E-state index contributed by atoms with van der Waals surface area (Å²) in [7, 11) is 0. The zero-order chi connectivity index (χ0) is 13.7. The smallest absolute Gasteiger partial charge is 0.159 e. The Bertz CT molecular complexity index is 406. The molecule has 1 aliphatic rings. The second-order valence-electron chi connectivity index (χ2n) is 5.48. The van der Waals surface area contributed by atoms with Crippen LogP contribution in [0.1, 0.15) is 56.9 Å². The van der Waals surface area contributed by atoms with Gasteiger partial charge in [-0.3, -0.25) is 0 Å². The summed E-state index contributed by atoms with van der Waals surface area (Å²) in [4.78, 5) is 0. The molecule has 0 spiro atoms. The van der Waals surface area contributed by atoms with Gasteiger partial charge in [-0.25, -0.2) is 8.78 Å². The molecule has 2 rings (SSSR count). The van der Waals surface area contributed by atoms with E-state index in [0.29, 0.717) is 12.0 Å². The van der Waals surface area contributed by atoms with Crippen LogP contribution in [0.5, 0.6) is 0 Å². The van der Waals surface area contributed by atoms with Gasteiger partial charge in [-0.1, -0.05) is 32.3 Å². The molecule has 0 bridgehead atoms. The first kappa shape index (κ1) is 14.4. The predicted octanol–water partition coefficient (Wildman–Crippen LogP) is 4.38. The first-order valence-electron chi connectivity index (χ1n) is 7.40. The molecular formula is C16H23F2N. The predicted molar refractivity (Wildman–Crippen MR) is 74.3 cm³/mol. The van der Waals surface area contributed by atoms with Gasteiger partial charge in [0.15, 0.2) is 11.6 Å². The van der Waals surface area contributed by atoms with E-state index < -0.39 is 11.6 Å². The average molecular weight is 267 g/mol. The van der Waals surface area contributed by atoms with Crippen LogP contribution in [0.25, 0.3) is 0 Å². The molecule has 19 heavy (non-hydrogen) atoms. The van der Waals surface area contributed by atoms with E-state index in [9.17, 15) is 8.78 Å². The summed E-state index contributed by atoms with van der Waals surface area (Å²) in [5.41, 5.74) is 0.939. The summed E-state index contributed by atoms with van der Waals surface area (Å²) in [6.07, 6.45) is 6.93. The van der Waals surface area contributed by atoms with E-state index in [4.69, 9.17) is 0 Å². The van der Waals surface area contributed by atoms with Crippen LogP contribution in [0.3, 0.4) is 0 Å². The largest absolute Gasteiger partial charge is 0.313 e. The Morgan fingerprint density at radius 2 is 1.89 bits per heavy atom. The fourth-order valence-corrected chi connectivity index (χ4v) is 3.02. The number of hydrogen-bond acceptors (Lipinski definition) is 1. The van der Waals surface area contributed by atoms with Crippen molar-refractivity contribution in [2.75, 3.05) is 6.54 Å². The molecule has 2 unspecified atom stereocenters. The van der Waals surface area contributed by atoms with E-state index in [-0.39, 0.29) is 0 Å². The highest BCUT2D eigenvalue weighted by atomic mass is 19.2. The topological polar surface area (TPSA) is 12.0 Å². The molecule has 0 aliphatic heterocycles. The van der Waals surface area contributed by atoms with Crippen molar-refractivity contribution in [3.05, 3.63) is 35.4 Å². The normalized spacial score (nSPS) is 24.2. The lowest BCUT2D eigenvalue weighted by atomic mass is 9.87. The minimum absolute atomic E-state index is 0.309. The van der Waals surface area contributed by atoms with Crippen LogP contribution in [0.4, 0.5) is 8.78 Å². The lowest BCUT2D eigenvalue weighted by Gasteiger charge is -2.26. The Morgan fingerprint density at radius 1 is 1.11 bits per heavy atom. The van der Waals surface area contributed by atoms with Gasteiger partial charge in [0.05, 0.1) is 0 Å². The number of rotatable bonds is 4. The first-order chi connectivity index (χ1) is 9.22. The van der Waals surface area contributed by atoms with Gasteiger partial charge in [0.1, 0.15) is 0 Å². The van der Waals surface area contributed by atoms with E-state index >= 15 is 0 Å². The molecule has 0 radical (unpaired) electrons. The summed E-state index contributed by atoms with van der Waals surface area (Å²) >= 11 is 0. The third kappa shape index (κ3) is 3.75. The Kier molecular flexibility index (Phi) is 5.32. The molecule has 1 nitrogen and oxygen atoms in total. The van der Waals surface area contributed by atoms with E-state index in [2.05, 4.69) is 12.2 Å². The fraction of sp³-hybridized carbons (Fsp3) is 0.625. The van der Waals surface area contributed by atoms with Crippen LogP contribution in [-0.2, 0) is 0 Å². The van der Waals surface area contributed by atoms with Gasteiger partial charge in [-0.2, -0.15) is 0 Å². The van der Waals surface area contributed by atoms with Crippen molar-refractivity contribution < 1.29 is 8.78 Å². The number of nitrogens with one attached hydrogen (secondary N) is 1. The summed E-state index contributed by atoms with van der Waals surface area (Å²) in [6.45, 7) is 3.14. The minimum Gasteiger partial charge on any atom is -0.313 e. The molecule has 0 aromatic heterocycles. The maximum Gasteiger partial charge on any atom is 0.159 e. The Balaban J connectivity index is 2.18. The van der Waals surface area contributed by atoms with Gasteiger partial charge in [0.25, 0.3) is 0 Å². The molecule has 2 atom stereocenters. The van der Waals surface area contributed by atoms with E-state index in [1.54, 1.807) is 6.07 Å². The maximum absolute atomic E-state index is 13.4. The molecule has 1 N–H and O–H groups in total. The summed E-state index contributed by atoms with van der Waals surface area (Å²) < 4.78 is 26.5. The van der Waals surface area contributed by atoms with Crippen molar-refractivity contribution in [3.8, 4) is 0 Å². The van der Waals surface area contributed by atoms with Crippen molar-refractivity contribution in [1.82, 2.24) is 5.32 Å². The highest BCUT2D eigenvalue weighted by Gasteiger charge is 2.25. The number of hydrogen-bond donors (Lipinski definition) is 1. The van der Waals surface area contributed by atoms with Crippen LogP contribution in [0.15, 0.2) is 18.2 Å². The monoisotopic (exact) mass is 267 g/mol. The zero-order valence-electron chi connectivity index (χ0n) is 11.6. The minimum atomic E-state index is -0.754. The lowest BCUT2D eigenvalue weighted by molar-refractivity contribution is 0.408. The molecule has 3 heteroatoms. The van der Waals surface area contributed by atoms with Gasteiger partial charge in [0, 0.05) is 6.04 Å². The summed E-state index contributed by atoms with van der Waals surface area (Å²) in [6, 6.07) is 4.78. The molecule has 106 valence electrons. The molecule has 1 fully saturated rings.